The van der Waals surface area contributed by atoms with E-state index in [1.165, 1.54) is 4.90 Å². The normalized spacial score (nSPS) is 10.5. The van der Waals surface area contributed by atoms with Crippen LogP contribution in [-0.2, 0) is 16.6 Å². The zero-order chi connectivity index (χ0) is 20.3. The zero-order valence-corrected chi connectivity index (χ0v) is 15.9. The van der Waals surface area contributed by atoms with Crippen molar-refractivity contribution in [3.63, 3.8) is 0 Å². The summed E-state index contributed by atoms with van der Waals surface area (Å²) in [6.07, 6.45) is 1.69. The molecule has 0 fully saturated rings. The SMILES string of the molecule is CN(C)C(=O)c1ccc(NC(=O)COC(=O)c2cn(C)c3ccccc23)cc1. The number of nitrogens with zero attached hydrogens (tertiary/aromatic N) is 2. The van der Waals surface area contributed by atoms with Crippen LogP contribution in [0.2, 0.25) is 0 Å². The number of carbonyl (C=O) groups is 3. The first-order valence-corrected chi connectivity index (χ1v) is 8.69. The number of anilines is 1. The van der Waals surface area contributed by atoms with Crippen molar-refractivity contribution in [3.8, 4) is 0 Å². The third-order valence-electron chi connectivity index (χ3n) is 4.27. The van der Waals surface area contributed by atoms with E-state index in [0.717, 1.165) is 10.9 Å². The molecule has 0 aliphatic carbocycles. The van der Waals surface area contributed by atoms with Gasteiger partial charge in [-0.3, -0.25) is 9.59 Å². The molecule has 0 spiro atoms. The molecule has 2 amide bonds. The van der Waals surface area contributed by atoms with E-state index in [1.807, 2.05) is 35.9 Å². The fourth-order valence-electron chi connectivity index (χ4n) is 2.86. The third kappa shape index (κ3) is 4.03. The topological polar surface area (TPSA) is 80.6 Å². The Morgan fingerprint density at radius 3 is 2.39 bits per heavy atom. The lowest BCUT2D eigenvalue weighted by molar-refractivity contribution is -0.119. The molecular formula is C21H21N3O4. The van der Waals surface area contributed by atoms with Gasteiger partial charge in [-0.15, -0.1) is 0 Å². The maximum Gasteiger partial charge on any atom is 0.340 e. The molecule has 1 N–H and O–H groups in total. The van der Waals surface area contributed by atoms with Crippen LogP contribution in [0.4, 0.5) is 5.69 Å². The third-order valence-corrected chi connectivity index (χ3v) is 4.27. The molecule has 0 unspecified atom stereocenters. The number of aromatic nitrogens is 1. The van der Waals surface area contributed by atoms with Crippen LogP contribution in [0.5, 0.6) is 0 Å². The Balaban J connectivity index is 1.59. The van der Waals surface area contributed by atoms with Crippen LogP contribution in [0.25, 0.3) is 10.9 Å². The van der Waals surface area contributed by atoms with E-state index in [9.17, 15) is 14.4 Å². The first-order chi connectivity index (χ1) is 13.4. The number of benzene rings is 2. The Kier molecular flexibility index (Phi) is 5.44. The Hall–Kier alpha value is -3.61. The Morgan fingerprint density at radius 2 is 1.71 bits per heavy atom. The van der Waals surface area contributed by atoms with Crippen molar-refractivity contribution in [2.75, 3.05) is 26.0 Å². The van der Waals surface area contributed by atoms with Gasteiger partial charge >= 0.3 is 5.97 Å². The number of esters is 1. The van der Waals surface area contributed by atoms with E-state index in [4.69, 9.17) is 4.74 Å². The van der Waals surface area contributed by atoms with E-state index in [0.29, 0.717) is 16.8 Å². The molecule has 0 aliphatic rings. The molecule has 1 aromatic heterocycles. The smallest absolute Gasteiger partial charge is 0.340 e. The molecule has 2 aromatic carbocycles. The second-order valence-corrected chi connectivity index (χ2v) is 6.57. The van der Waals surface area contributed by atoms with E-state index in [2.05, 4.69) is 5.32 Å². The number of fused-ring (bicyclic) bond motifs is 1. The molecule has 0 atom stereocenters. The molecule has 0 radical (unpaired) electrons. The van der Waals surface area contributed by atoms with Crippen LogP contribution >= 0.6 is 0 Å². The number of aryl methyl sites for hydroxylation is 1. The minimum Gasteiger partial charge on any atom is -0.452 e. The molecule has 7 heteroatoms. The summed E-state index contributed by atoms with van der Waals surface area (Å²) in [6.45, 7) is -0.402. The fourth-order valence-corrected chi connectivity index (χ4v) is 2.86. The predicted molar refractivity (Wildman–Crippen MR) is 106 cm³/mol. The molecule has 0 saturated carbocycles. The van der Waals surface area contributed by atoms with Gasteiger partial charge in [-0.1, -0.05) is 18.2 Å². The summed E-state index contributed by atoms with van der Waals surface area (Å²) < 4.78 is 6.99. The van der Waals surface area contributed by atoms with E-state index in [1.54, 1.807) is 44.6 Å². The number of nitrogens with one attached hydrogen (secondary N) is 1. The largest absolute Gasteiger partial charge is 0.452 e. The Bertz CT molecular complexity index is 1040. The Morgan fingerprint density at radius 1 is 1.04 bits per heavy atom. The number of carbonyl (C=O) groups excluding carboxylic acids is 3. The molecule has 0 saturated heterocycles. The highest BCUT2D eigenvalue weighted by molar-refractivity contribution is 6.05. The molecule has 3 aromatic rings. The number of amides is 2. The van der Waals surface area contributed by atoms with Gasteiger partial charge in [-0.25, -0.2) is 4.79 Å². The molecule has 7 nitrogen and oxygen atoms in total. The number of para-hydroxylation sites is 1. The van der Waals surface area contributed by atoms with Crippen LogP contribution in [-0.4, -0.2) is 48.0 Å². The lowest BCUT2D eigenvalue weighted by Crippen LogP contribution is -2.22. The number of rotatable bonds is 5. The molecule has 0 bridgehead atoms. The average molecular weight is 379 g/mol. The summed E-state index contributed by atoms with van der Waals surface area (Å²) in [5.74, 6) is -1.14. The van der Waals surface area contributed by atoms with Crippen molar-refractivity contribution in [1.29, 1.82) is 0 Å². The molecule has 28 heavy (non-hydrogen) atoms. The van der Waals surface area contributed by atoms with Gasteiger partial charge in [0.05, 0.1) is 5.56 Å². The summed E-state index contributed by atoms with van der Waals surface area (Å²) in [7, 11) is 5.18. The second kappa shape index (κ2) is 7.96. The van der Waals surface area contributed by atoms with Gasteiger partial charge in [-0.05, 0) is 30.3 Å². The second-order valence-electron chi connectivity index (χ2n) is 6.57. The summed E-state index contributed by atoms with van der Waals surface area (Å²) in [4.78, 5) is 37.8. The Labute approximate surface area is 162 Å². The predicted octanol–water partition coefficient (Wildman–Crippen LogP) is 2.68. The highest BCUT2D eigenvalue weighted by atomic mass is 16.5. The molecular weight excluding hydrogens is 358 g/mol. The van der Waals surface area contributed by atoms with Crippen molar-refractivity contribution in [2.24, 2.45) is 7.05 Å². The maximum atomic E-state index is 12.4. The number of hydrogen-bond donors (Lipinski definition) is 1. The van der Waals surface area contributed by atoms with Crippen LogP contribution < -0.4 is 5.32 Å². The van der Waals surface area contributed by atoms with Crippen LogP contribution in [0.3, 0.4) is 0 Å². The molecule has 144 valence electrons. The van der Waals surface area contributed by atoms with Crippen molar-refractivity contribution in [2.45, 2.75) is 0 Å². The van der Waals surface area contributed by atoms with Crippen LogP contribution in [0.15, 0.2) is 54.7 Å². The van der Waals surface area contributed by atoms with E-state index in [-0.39, 0.29) is 5.91 Å². The summed E-state index contributed by atoms with van der Waals surface area (Å²) >= 11 is 0. The van der Waals surface area contributed by atoms with Gasteiger partial charge in [0.1, 0.15) is 0 Å². The van der Waals surface area contributed by atoms with Crippen LogP contribution in [0.1, 0.15) is 20.7 Å². The lowest BCUT2D eigenvalue weighted by atomic mass is 10.2. The highest BCUT2D eigenvalue weighted by Gasteiger charge is 2.16. The first-order valence-electron chi connectivity index (χ1n) is 8.69. The standard InChI is InChI=1S/C21H21N3O4/c1-23(2)20(26)14-8-10-15(11-9-14)22-19(25)13-28-21(27)17-12-24(3)18-7-5-4-6-16(17)18/h4-12H,13H2,1-3H3,(H,22,25). The minimum absolute atomic E-state index is 0.123. The van der Waals surface area contributed by atoms with Gasteiger partial charge in [0.15, 0.2) is 6.61 Å². The maximum absolute atomic E-state index is 12.4. The fraction of sp³-hybridized carbons (Fsp3) is 0.190. The van der Waals surface area contributed by atoms with Gasteiger partial charge < -0.3 is 19.5 Å². The van der Waals surface area contributed by atoms with Gasteiger partial charge in [-0.2, -0.15) is 0 Å². The van der Waals surface area contributed by atoms with Gasteiger partial charge in [0, 0.05) is 49.5 Å². The highest BCUT2D eigenvalue weighted by Crippen LogP contribution is 2.21. The van der Waals surface area contributed by atoms with Crippen molar-refractivity contribution in [1.82, 2.24) is 9.47 Å². The van der Waals surface area contributed by atoms with Crippen molar-refractivity contribution >= 4 is 34.4 Å². The average Bonchev–Trinajstić information content (AvgIpc) is 3.03. The summed E-state index contributed by atoms with van der Waals surface area (Å²) in [5.41, 5.74) is 2.36. The molecule has 1 heterocycles. The first kappa shape index (κ1) is 19.2. The molecule has 3 rings (SSSR count). The summed E-state index contributed by atoms with van der Waals surface area (Å²) in [6, 6.07) is 14.0. The van der Waals surface area contributed by atoms with Crippen molar-refractivity contribution < 1.29 is 19.1 Å². The number of hydrogen-bond acceptors (Lipinski definition) is 4. The lowest BCUT2D eigenvalue weighted by Gasteiger charge is -2.11. The summed E-state index contributed by atoms with van der Waals surface area (Å²) in [5, 5.41) is 3.41. The van der Waals surface area contributed by atoms with Gasteiger partial charge in [0.25, 0.3) is 11.8 Å². The molecule has 0 aliphatic heterocycles. The zero-order valence-electron chi connectivity index (χ0n) is 15.9. The minimum atomic E-state index is -0.557. The quantitative estimate of drug-likeness (QED) is 0.691. The van der Waals surface area contributed by atoms with E-state index >= 15 is 0 Å². The van der Waals surface area contributed by atoms with Gasteiger partial charge in [0.2, 0.25) is 0 Å². The van der Waals surface area contributed by atoms with E-state index < -0.39 is 18.5 Å². The van der Waals surface area contributed by atoms with Crippen molar-refractivity contribution in [3.05, 3.63) is 65.9 Å². The number of ether oxygens (including phenoxy) is 1. The monoisotopic (exact) mass is 379 g/mol. The van der Waals surface area contributed by atoms with Crippen LogP contribution in [0, 0.1) is 0 Å².